The molecule has 1 amide bonds. The molecular formula is C13H21N3O3S. The molecule has 1 aromatic rings. The van der Waals surface area contributed by atoms with E-state index < -0.39 is 10.0 Å². The Balaban J connectivity index is 2.60. The lowest BCUT2D eigenvalue weighted by Gasteiger charge is -2.11. The Hall–Kier alpha value is -1.60. The Kier molecular flexibility index (Phi) is 5.97. The fourth-order valence-corrected chi connectivity index (χ4v) is 2.08. The van der Waals surface area contributed by atoms with Gasteiger partial charge in [0.2, 0.25) is 10.0 Å². The number of carbonyl (C=O) groups excluding carboxylic acids is 1. The molecule has 112 valence electrons. The molecule has 0 aliphatic heterocycles. The van der Waals surface area contributed by atoms with Crippen LogP contribution < -0.4 is 10.0 Å². The summed E-state index contributed by atoms with van der Waals surface area (Å²) < 4.78 is 25.2. The fourth-order valence-electron chi connectivity index (χ4n) is 1.44. The first-order chi connectivity index (χ1) is 9.34. The number of carbonyl (C=O) groups is 1. The molecule has 20 heavy (non-hydrogen) atoms. The van der Waals surface area contributed by atoms with Crippen LogP contribution >= 0.6 is 0 Å². The van der Waals surface area contributed by atoms with Crippen molar-refractivity contribution in [1.82, 2.24) is 10.2 Å². The van der Waals surface area contributed by atoms with Gasteiger partial charge in [-0.1, -0.05) is 0 Å². The quantitative estimate of drug-likeness (QED) is 0.778. The average molecular weight is 299 g/mol. The van der Waals surface area contributed by atoms with Crippen molar-refractivity contribution in [3.8, 4) is 0 Å². The van der Waals surface area contributed by atoms with E-state index in [0.29, 0.717) is 17.8 Å². The number of amides is 1. The Labute approximate surface area is 120 Å². The standard InChI is InChI=1S/C13H21N3O3S/c1-4-20(18,19)15-12-7-5-11(6-8-12)13(17)14-9-10-16(2)3/h5-8,15H,4,9-10H2,1-3H3,(H,14,17). The third-order valence-corrected chi connectivity index (χ3v) is 3.95. The molecule has 0 saturated heterocycles. The van der Waals surface area contributed by atoms with Gasteiger partial charge >= 0.3 is 0 Å². The second-order valence-electron chi connectivity index (χ2n) is 4.64. The zero-order valence-corrected chi connectivity index (χ0v) is 12.8. The van der Waals surface area contributed by atoms with Crippen molar-refractivity contribution >= 4 is 21.6 Å². The van der Waals surface area contributed by atoms with Crippen molar-refractivity contribution < 1.29 is 13.2 Å². The molecule has 2 N–H and O–H groups in total. The molecule has 0 aromatic heterocycles. The molecule has 0 fully saturated rings. The van der Waals surface area contributed by atoms with Gasteiger partial charge in [-0.15, -0.1) is 0 Å². The van der Waals surface area contributed by atoms with E-state index in [-0.39, 0.29) is 11.7 Å². The minimum atomic E-state index is -3.29. The molecule has 0 bridgehead atoms. The summed E-state index contributed by atoms with van der Waals surface area (Å²) in [7, 11) is 0.577. The van der Waals surface area contributed by atoms with E-state index in [2.05, 4.69) is 10.0 Å². The minimum absolute atomic E-state index is 0.0137. The van der Waals surface area contributed by atoms with Gasteiger partial charge in [-0.3, -0.25) is 9.52 Å². The number of nitrogens with one attached hydrogen (secondary N) is 2. The van der Waals surface area contributed by atoms with Gasteiger partial charge in [-0.05, 0) is 45.3 Å². The highest BCUT2D eigenvalue weighted by molar-refractivity contribution is 7.92. The summed E-state index contributed by atoms with van der Waals surface area (Å²) in [6, 6.07) is 6.35. The maximum Gasteiger partial charge on any atom is 0.251 e. The van der Waals surface area contributed by atoms with Crippen molar-refractivity contribution in [3.63, 3.8) is 0 Å². The van der Waals surface area contributed by atoms with Gasteiger partial charge in [0.05, 0.1) is 5.75 Å². The molecule has 0 saturated carbocycles. The molecule has 0 radical (unpaired) electrons. The van der Waals surface area contributed by atoms with Crippen LogP contribution in [0.5, 0.6) is 0 Å². The van der Waals surface area contributed by atoms with Gasteiger partial charge in [-0.2, -0.15) is 0 Å². The molecule has 0 spiro atoms. The van der Waals surface area contributed by atoms with Gasteiger partial charge in [0.25, 0.3) is 5.91 Å². The van der Waals surface area contributed by atoms with E-state index in [0.717, 1.165) is 6.54 Å². The highest BCUT2D eigenvalue weighted by Gasteiger charge is 2.08. The van der Waals surface area contributed by atoms with Crippen LogP contribution in [0.15, 0.2) is 24.3 Å². The zero-order valence-electron chi connectivity index (χ0n) is 12.0. The van der Waals surface area contributed by atoms with Crippen LogP contribution in [-0.4, -0.2) is 52.2 Å². The van der Waals surface area contributed by atoms with Crippen molar-refractivity contribution in [1.29, 1.82) is 0 Å². The smallest absolute Gasteiger partial charge is 0.251 e. The third kappa shape index (κ3) is 5.58. The number of hydrogen-bond donors (Lipinski definition) is 2. The molecule has 1 aromatic carbocycles. The Bertz CT molecular complexity index is 538. The second-order valence-corrected chi connectivity index (χ2v) is 6.65. The second kappa shape index (κ2) is 7.25. The van der Waals surface area contributed by atoms with Crippen LogP contribution in [0.3, 0.4) is 0 Å². The largest absolute Gasteiger partial charge is 0.351 e. The maximum absolute atomic E-state index is 11.8. The first kappa shape index (κ1) is 16.5. The third-order valence-electron chi connectivity index (χ3n) is 2.65. The Morgan fingerprint density at radius 2 is 1.80 bits per heavy atom. The number of likely N-dealkylation sites (N-methyl/N-ethyl adjacent to an activating group) is 1. The summed E-state index contributed by atoms with van der Waals surface area (Å²) >= 11 is 0. The molecule has 6 nitrogen and oxygen atoms in total. The van der Waals surface area contributed by atoms with E-state index in [9.17, 15) is 13.2 Å². The molecule has 0 atom stereocenters. The lowest BCUT2D eigenvalue weighted by Crippen LogP contribution is -2.31. The van der Waals surface area contributed by atoms with Crippen molar-refractivity contribution in [2.24, 2.45) is 0 Å². The molecule has 0 aliphatic carbocycles. The van der Waals surface area contributed by atoms with Gasteiger partial charge in [0.1, 0.15) is 0 Å². The van der Waals surface area contributed by atoms with Gasteiger partial charge < -0.3 is 10.2 Å². The molecule has 0 unspecified atom stereocenters. The number of nitrogens with zero attached hydrogens (tertiary/aromatic N) is 1. The van der Waals surface area contributed by atoms with Gasteiger partial charge in [-0.25, -0.2) is 8.42 Å². The molecular weight excluding hydrogens is 278 g/mol. The van der Waals surface area contributed by atoms with Crippen LogP contribution in [0.25, 0.3) is 0 Å². The maximum atomic E-state index is 11.8. The minimum Gasteiger partial charge on any atom is -0.351 e. The van der Waals surface area contributed by atoms with Crippen LogP contribution in [-0.2, 0) is 10.0 Å². The summed E-state index contributed by atoms with van der Waals surface area (Å²) in [5.41, 5.74) is 0.958. The average Bonchev–Trinajstić information content (AvgIpc) is 2.38. The van der Waals surface area contributed by atoms with E-state index in [1.165, 1.54) is 0 Å². The van der Waals surface area contributed by atoms with Crippen molar-refractivity contribution in [2.75, 3.05) is 37.7 Å². The molecule has 7 heteroatoms. The zero-order chi connectivity index (χ0) is 15.2. The SMILES string of the molecule is CCS(=O)(=O)Nc1ccc(C(=O)NCCN(C)C)cc1. The highest BCUT2D eigenvalue weighted by atomic mass is 32.2. The molecule has 0 heterocycles. The number of sulfonamides is 1. The predicted molar refractivity (Wildman–Crippen MR) is 80.4 cm³/mol. The predicted octanol–water partition coefficient (Wildman–Crippen LogP) is 0.740. The number of anilines is 1. The van der Waals surface area contributed by atoms with Gasteiger partial charge in [0, 0.05) is 24.3 Å². The first-order valence-corrected chi connectivity index (χ1v) is 8.03. The Morgan fingerprint density at radius 1 is 1.20 bits per heavy atom. The highest BCUT2D eigenvalue weighted by Crippen LogP contribution is 2.11. The van der Waals surface area contributed by atoms with E-state index in [1.54, 1.807) is 31.2 Å². The number of rotatable bonds is 7. The van der Waals surface area contributed by atoms with Crippen LogP contribution in [0.1, 0.15) is 17.3 Å². The molecule has 1 rings (SSSR count). The topological polar surface area (TPSA) is 78.5 Å². The van der Waals surface area contributed by atoms with Crippen molar-refractivity contribution in [2.45, 2.75) is 6.92 Å². The monoisotopic (exact) mass is 299 g/mol. The summed E-state index contributed by atoms with van der Waals surface area (Å²) in [5.74, 6) is -0.156. The van der Waals surface area contributed by atoms with Crippen molar-refractivity contribution in [3.05, 3.63) is 29.8 Å². The van der Waals surface area contributed by atoms with E-state index in [1.807, 2.05) is 19.0 Å². The van der Waals surface area contributed by atoms with Crippen LogP contribution in [0.4, 0.5) is 5.69 Å². The number of hydrogen-bond acceptors (Lipinski definition) is 4. The lowest BCUT2D eigenvalue weighted by atomic mass is 10.2. The fraction of sp³-hybridized carbons (Fsp3) is 0.462. The lowest BCUT2D eigenvalue weighted by molar-refractivity contribution is 0.0951. The van der Waals surface area contributed by atoms with Crippen LogP contribution in [0.2, 0.25) is 0 Å². The van der Waals surface area contributed by atoms with Gasteiger partial charge in [0.15, 0.2) is 0 Å². The van der Waals surface area contributed by atoms with Crippen LogP contribution in [0, 0.1) is 0 Å². The summed E-state index contributed by atoms with van der Waals surface area (Å²) in [6.07, 6.45) is 0. The first-order valence-electron chi connectivity index (χ1n) is 6.37. The molecule has 0 aliphatic rings. The normalized spacial score (nSPS) is 11.4. The van der Waals surface area contributed by atoms with E-state index in [4.69, 9.17) is 0 Å². The summed E-state index contributed by atoms with van der Waals surface area (Å²) in [6.45, 7) is 2.89. The van der Waals surface area contributed by atoms with E-state index >= 15 is 0 Å². The summed E-state index contributed by atoms with van der Waals surface area (Å²) in [4.78, 5) is 13.8. The summed E-state index contributed by atoms with van der Waals surface area (Å²) in [5, 5.41) is 2.79. The Morgan fingerprint density at radius 3 is 2.30 bits per heavy atom. The number of benzene rings is 1.